The van der Waals surface area contributed by atoms with Crippen LogP contribution in [0.3, 0.4) is 0 Å². The Morgan fingerprint density at radius 1 is 1.17 bits per heavy atom. The highest BCUT2D eigenvalue weighted by molar-refractivity contribution is 6.30. The Labute approximate surface area is 179 Å². The number of hydrogen-bond acceptors (Lipinski definition) is 5. The van der Waals surface area contributed by atoms with Crippen molar-refractivity contribution >= 4 is 34.3 Å². The summed E-state index contributed by atoms with van der Waals surface area (Å²) in [7, 11) is 1.56. The third-order valence-electron chi connectivity index (χ3n) is 4.76. The van der Waals surface area contributed by atoms with E-state index >= 15 is 0 Å². The maximum atomic E-state index is 13.2. The smallest absolute Gasteiger partial charge is 0.262 e. The van der Waals surface area contributed by atoms with E-state index in [-0.39, 0.29) is 31.4 Å². The van der Waals surface area contributed by atoms with Crippen molar-refractivity contribution < 1.29 is 24.3 Å². The number of carbonyl (C=O) groups is 2. The molecule has 8 heteroatoms. The monoisotopic (exact) mass is 430 g/mol. The number of nitrogens with one attached hydrogen (secondary N) is 1. The maximum Gasteiger partial charge on any atom is 0.262 e. The minimum atomic E-state index is -0.350. The lowest BCUT2D eigenvalue weighted by Gasteiger charge is -2.08. The molecule has 0 aliphatic rings. The zero-order valence-corrected chi connectivity index (χ0v) is 17.5. The number of hydroxylamine groups is 1. The number of halogens is 1. The van der Waals surface area contributed by atoms with Crippen LogP contribution >= 0.6 is 11.6 Å². The summed E-state index contributed by atoms with van der Waals surface area (Å²) < 4.78 is 6.91. The fraction of sp³-hybridized carbons (Fsp3) is 0.273. The van der Waals surface area contributed by atoms with Gasteiger partial charge in [0.15, 0.2) is 0 Å². The predicted octanol–water partition coefficient (Wildman–Crippen LogP) is 3.27. The molecule has 30 heavy (non-hydrogen) atoms. The molecule has 2 aromatic carbocycles. The fourth-order valence-electron chi connectivity index (χ4n) is 3.26. The van der Waals surface area contributed by atoms with E-state index in [1.807, 2.05) is 6.07 Å². The van der Waals surface area contributed by atoms with Crippen molar-refractivity contribution in [3.05, 3.63) is 64.3 Å². The Kier molecular flexibility index (Phi) is 7.10. The number of aliphatic hydroxyl groups excluding tert-OH is 1. The highest BCUT2D eigenvalue weighted by Crippen LogP contribution is 2.30. The Bertz CT molecular complexity index is 1060. The van der Waals surface area contributed by atoms with E-state index in [2.05, 4.69) is 5.48 Å². The average molecular weight is 431 g/mol. The van der Waals surface area contributed by atoms with Gasteiger partial charge in [0.2, 0.25) is 5.91 Å². The number of hydrogen-bond donors (Lipinski definition) is 2. The van der Waals surface area contributed by atoms with Crippen molar-refractivity contribution in [2.24, 2.45) is 0 Å². The molecule has 0 unspecified atom stereocenters. The highest BCUT2D eigenvalue weighted by Gasteiger charge is 2.22. The van der Waals surface area contributed by atoms with Crippen LogP contribution in [0.15, 0.2) is 42.5 Å². The number of carbonyl (C=O) groups excluding carboxylic acids is 2. The Morgan fingerprint density at radius 3 is 2.57 bits per heavy atom. The van der Waals surface area contributed by atoms with Gasteiger partial charge in [0, 0.05) is 28.3 Å². The van der Waals surface area contributed by atoms with Crippen LogP contribution in [0.1, 0.15) is 28.0 Å². The normalized spacial score (nSPS) is 10.9. The van der Waals surface area contributed by atoms with Gasteiger partial charge in [0.25, 0.3) is 5.91 Å². The number of ether oxygens (including phenoxy) is 1. The zero-order valence-electron chi connectivity index (χ0n) is 16.8. The van der Waals surface area contributed by atoms with Gasteiger partial charge < -0.3 is 9.84 Å². The molecule has 0 bridgehead atoms. The predicted molar refractivity (Wildman–Crippen MR) is 114 cm³/mol. The maximum absolute atomic E-state index is 13.2. The molecule has 7 nitrogen and oxygen atoms in total. The third kappa shape index (κ3) is 4.64. The Hall–Kier alpha value is -2.87. The first-order valence-corrected chi connectivity index (χ1v) is 9.83. The van der Waals surface area contributed by atoms with Crippen molar-refractivity contribution in [2.75, 3.05) is 20.3 Å². The van der Waals surface area contributed by atoms with Crippen LogP contribution in [-0.2, 0) is 16.1 Å². The molecule has 3 aromatic rings. The van der Waals surface area contributed by atoms with E-state index < -0.39 is 0 Å². The van der Waals surface area contributed by atoms with Crippen molar-refractivity contribution in [2.45, 2.75) is 19.8 Å². The summed E-state index contributed by atoms with van der Waals surface area (Å²) in [5.41, 5.74) is 4.89. The lowest BCUT2D eigenvalue weighted by Crippen LogP contribution is -2.26. The van der Waals surface area contributed by atoms with E-state index in [1.54, 1.807) is 55.0 Å². The van der Waals surface area contributed by atoms with Gasteiger partial charge in [-0.05, 0) is 61.4 Å². The largest absolute Gasteiger partial charge is 0.497 e. The number of fused-ring (bicyclic) bond motifs is 1. The van der Waals surface area contributed by atoms with Gasteiger partial charge in [-0.15, -0.1) is 0 Å². The molecule has 3 rings (SSSR count). The number of benzene rings is 2. The molecule has 0 radical (unpaired) electrons. The molecule has 0 aliphatic carbocycles. The number of rotatable bonds is 8. The second kappa shape index (κ2) is 9.75. The third-order valence-corrected chi connectivity index (χ3v) is 5.02. The lowest BCUT2D eigenvalue weighted by molar-refractivity contribution is -0.133. The number of amides is 1. The van der Waals surface area contributed by atoms with Crippen LogP contribution < -0.4 is 10.2 Å². The molecule has 1 amide bonds. The van der Waals surface area contributed by atoms with Crippen molar-refractivity contribution in [3.63, 3.8) is 0 Å². The topological polar surface area (TPSA) is 89.8 Å². The Morgan fingerprint density at radius 2 is 1.90 bits per heavy atom. The molecular formula is C22H23ClN2O5. The molecule has 0 saturated carbocycles. The molecule has 0 aliphatic heterocycles. The highest BCUT2D eigenvalue weighted by atomic mass is 35.5. The Balaban J connectivity index is 1.99. The molecule has 0 spiro atoms. The first-order valence-electron chi connectivity index (χ1n) is 9.46. The van der Waals surface area contributed by atoms with E-state index in [9.17, 15) is 9.59 Å². The first-order chi connectivity index (χ1) is 14.5. The quantitative estimate of drug-likeness (QED) is 0.423. The molecule has 0 atom stereocenters. The summed E-state index contributed by atoms with van der Waals surface area (Å²) in [4.78, 5) is 30.7. The minimum absolute atomic E-state index is 0.0188. The minimum Gasteiger partial charge on any atom is -0.497 e. The fourth-order valence-corrected chi connectivity index (χ4v) is 3.39. The second-order valence-corrected chi connectivity index (χ2v) is 7.16. The second-order valence-electron chi connectivity index (χ2n) is 6.72. The van der Waals surface area contributed by atoms with Gasteiger partial charge in [0.05, 0.1) is 25.7 Å². The summed E-state index contributed by atoms with van der Waals surface area (Å²) in [6.45, 7) is 2.00. The van der Waals surface area contributed by atoms with Gasteiger partial charge in [-0.1, -0.05) is 11.6 Å². The van der Waals surface area contributed by atoms with Gasteiger partial charge in [0.1, 0.15) is 5.75 Å². The van der Waals surface area contributed by atoms with Crippen LogP contribution in [-0.4, -0.2) is 41.8 Å². The van der Waals surface area contributed by atoms with Crippen LogP contribution in [0.4, 0.5) is 0 Å². The molecule has 2 N–H and O–H groups in total. The van der Waals surface area contributed by atoms with Gasteiger partial charge in [-0.25, -0.2) is 5.48 Å². The SMILES string of the molecule is COc1ccc2c(c1)c(CC(=O)NOCCCO)c(C)n2C(=O)c1ccc(Cl)cc1. The zero-order chi connectivity index (χ0) is 21.7. The molecule has 1 aromatic heterocycles. The molecule has 158 valence electrons. The number of nitrogens with zero attached hydrogens (tertiary/aromatic N) is 1. The van der Waals surface area contributed by atoms with Crippen molar-refractivity contribution in [3.8, 4) is 5.75 Å². The molecule has 0 fully saturated rings. The number of aliphatic hydroxyl groups is 1. The van der Waals surface area contributed by atoms with E-state index in [4.69, 9.17) is 26.3 Å². The van der Waals surface area contributed by atoms with Gasteiger partial charge in [-0.3, -0.25) is 19.0 Å². The van der Waals surface area contributed by atoms with Crippen LogP contribution in [0.5, 0.6) is 5.75 Å². The van der Waals surface area contributed by atoms with Crippen molar-refractivity contribution in [1.82, 2.24) is 10.0 Å². The van der Waals surface area contributed by atoms with E-state index in [1.165, 1.54) is 0 Å². The lowest BCUT2D eigenvalue weighted by atomic mass is 10.1. The van der Waals surface area contributed by atoms with Crippen molar-refractivity contribution in [1.29, 1.82) is 0 Å². The first kappa shape index (κ1) is 21.8. The average Bonchev–Trinajstić information content (AvgIpc) is 3.02. The summed E-state index contributed by atoms with van der Waals surface area (Å²) in [5.74, 6) is 0.0569. The van der Waals surface area contributed by atoms with Gasteiger partial charge in [-0.2, -0.15) is 0 Å². The molecule has 0 saturated heterocycles. The molecule has 1 heterocycles. The van der Waals surface area contributed by atoms with Crippen LogP contribution in [0.2, 0.25) is 5.02 Å². The summed E-state index contributed by atoms with van der Waals surface area (Å²) in [5, 5.41) is 10.1. The summed E-state index contributed by atoms with van der Waals surface area (Å²) >= 11 is 5.94. The van der Waals surface area contributed by atoms with Gasteiger partial charge >= 0.3 is 0 Å². The molecular weight excluding hydrogens is 408 g/mol. The summed E-state index contributed by atoms with van der Waals surface area (Å²) in [6, 6.07) is 12.0. The number of aromatic nitrogens is 1. The van der Waals surface area contributed by atoms with Crippen LogP contribution in [0, 0.1) is 6.92 Å². The number of methoxy groups -OCH3 is 1. The van der Waals surface area contributed by atoms with Crippen LogP contribution in [0.25, 0.3) is 10.9 Å². The summed E-state index contributed by atoms with van der Waals surface area (Å²) in [6.07, 6.45) is 0.445. The standard InChI is InChI=1S/C22H23ClN2O5/c1-14-18(13-21(27)24-30-11-3-10-26)19-12-17(29-2)8-9-20(19)25(14)22(28)15-4-6-16(23)7-5-15/h4-9,12,26H,3,10-11,13H2,1-2H3,(H,24,27). The van der Waals surface area contributed by atoms with E-state index in [0.29, 0.717) is 39.5 Å². The van der Waals surface area contributed by atoms with E-state index in [0.717, 1.165) is 5.39 Å².